The number of ether oxygens (including phenoxy) is 2. The Morgan fingerprint density at radius 3 is 2.06 bits per heavy atom. The summed E-state index contributed by atoms with van der Waals surface area (Å²) in [5.41, 5.74) is 3.90. The van der Waals surface area contributed by atoms with Crippen molar-refractivity contribution in [2.24, 2.45) is 0 Å². The minimum absolute atomic E-state index is 0.0765. The van der Waals surface area contributed by atoms with Gasteiger partial charge in [-0.1, -0.05) is 72.3 Å². The Labute approximate surface area is 278 Å². The van der Waals surface area contributed by atoms with Gasteiger partial charge in [-0.2, -0.15) is 0 Å². The molecule has 2 amide bonds. The number of carbonyl (C=O) groups is 2. The van der Waals surface area contributed by atoms with Gasteiger partial charge in [0.25, 0.3) is 10.0 Å². The molecule has 0 aliphatic rings. The van der Waals surface area contributed by atoms with Gasteiger partial charge in [0.1, 0.15) is 12.6 Å². The number of nitrogens with one attached hydrogen (secondary N) is 1. The standard InChI is InChI=1S/C37H43N3O6S/c1-26(2)38-37(42)33(22-29-13-8-7-9-14-29)39(24-30-15-11-10-12-28(30)4)36(41)25-40(31-18-16-27(3)17-19-31)47(43,44)32-20-21-34(45-5)35(23-32)46-6/h7-21,23,26,33H,22,24-25H2,1-6H3,(H,38,42)/t33-/m0/s1. The molecule has 0 bridgehead atoms. The van der Waals surface area contributed by atoms with Crippen molar-refractivity contribution < 1.29 is 27.5 Å². The summed E-state index contributed by atoms with van der Waals surface area (Å²) >= 11 is 0. The van der Waals surface area contributed by atoms with Crippen molar-refractivity contribution in [1.82, 2.24) is 10.2 Å². The molecule has 9 nitrogen and oxygen atoms in total. The van der Waals surface area contributed by atoms with Crippen LogP contribution in [0.25, 0.3) is 0 Å². The predicted molar refractivity (Wildman–Crippen MR) is 184 cm³/mol. The maximum atomic E-state index is 14.6. The number of rotatable bonds is 14. The zero-order valence-electron chi connectivity index (χ0n) is 27.8. The van der Waals surface area contributed by atoms with Crippen LogP contribution in [-0.4, -0.2) is 58.0 Å². The topological polar surface area (TPSA) is 105 Å². The molecule has 0 unspecified atom stereocenters. The third kappa shape index (κ3) is 8.71. The molecule has 0 saturated carbocycles. The average molecular weight is 658 g/mol. The molecule has 4 aromatic carbocycles. The number of hydrogen-bond acceptors (Lipinski definition) is 6. The van der Waals surface area contributed by atoms with Crippen LogP contribution >= 0.6 is 0 Å². The number of hydrogen-bond donors (Lipinski definition) is 1. The molecule has 0 saturated heterocycles. The highest BCUT2D eigenvalue weighted by Gasteiger charge is 2.35. The third-order valence-electron chi connectivity index (χ3n) is 7.85. The Bertz CT molecular complexity index is 1780. The van der Waals surface area contributed by atoms with Crippen LogP contribution in [0.4, 0.5) is 5.69 Å². The SMILES string of the molecule is COc1ccc(S(=O)(=O)N(CC(=O)N(Cc2ccccc2C)[C@@H](Cc2ccccc2)C(=O)NC(C)C)c2ccc(C)cc2)cc1OC. The van der Waals surface area contributed by atoms with E-state index in [1.54, 1.807) is 24.3 Å². The van der Waals surface area contributed by atoms with E-state index in [2.05, 4.69) is 5.32 Å². The summed E-state index contributed by atoms with van der Waals surface area (Å²) in [7, 11) is -1.42. The van der Waals surface area contributed by atoms with E-state index in [0.29, 0.717) is 11.4 Å². The molecule has 4 rings (SSSR count). The minimum Gasteiger partial charge on any atom is -0.493 e. The van der Waals surface area contributed by atoms with E-state index >= 15 is 0 Å². The lowest BCUT2D eigenvalue weighted by Gasteiger charge is -2.34. The van der Waals surface area contributed by atoms with E-state index in [1.807, 2.05) is 82.3 Å². The Kier molecular flexibility index (Phi) is 11.7. The second kappa shape index (κ2) is 15.6. The van der Waals surface area contributed by atoms with Crippen LogP contribution in [-0.2, 0) is 32.6 Å². The summed E-state index contributed by atoms with van der Waals surface area (Å²) < 4.78 is 40.5. The van der Waals surface area contributed by atoms with Crippen LogP contribution in [0.1, 0.15) is 36.1 Å². The van der Waals surface area contributed by atoms with E-state index < -0.39 is 28.5 Å². The number of anilines is 1. The molecule has 0 aliphatic heterocycles. The largest absolute Gasteiger partial charge is 0.493 e. The monoisotopic (exact) mass is 657 g/mol. The number of aryl methyl sites for hydroxylation is 2. The summed E-state index contributed by atoms with van der Waals surface area (Å²) in [5, 5.41) is 2.98. The number of nitrogens with zero attached hydrogens (tertiary/aromatic N) is 2. The fraction of sp³-hybridized carbons (Fsp3) is 0.297. The molecule has 0 aliphatic carbocycles. The van der Waals surface area contributed by atoms with E-state index in [-0.39, 0.29) is 35.6 Å². The lowest BCUT2D eigenvalue weighted by Crippen LogP contribution is -2.54. The van der Waals surface area contributed by atoms with Gasteiger partial charge in [-0.25, -0.2) is 8.42 Å². The zero-order valence-corrected chi connectivity index (χ0v) is 28.6. The van der Waals surface area contributed by atoms with Gasteiger partial charge >= 0.3 is 0 Å². The smallest absolute Gasteiger partial charge is 0.264 e. The van der Waals surface area contributed by atoms with E-state index in [0.717, 1.165) is 26.6 Å². The molecule has 0 heterocycles. The first-order valence-corrected chi connectivity index (χ1v) is 16.9. The highest BCUT2D eigenvalue weighted by molar-refractivity contribution is 7.92. The zero-order chi connectivity index (χ0) is 34.1. The Morgan fingerprint density at radius 2 is 1.45 bits per heavy atom. The van der Waals surface area contributed by atoms with Crippen molar-refractivity contribution in [3.05, 3.63) is 119 Å². The van der Waals surface area contributed by atoms with Crippen molar-refractivity contribution in [2.45, 2.75) is 57.6 Å². The maximum Gasteiger partial charge on any atom is 0.264 e. The van der Waals surface area contributed by atoms with Gasteiger partial charge in [-0.15, -0.1) is 0 Å². The van der Waals surface area contributed by atoms with Crippen LogP contribution in [0.15, 0.2) is 102 Å². The molecule has 248 valence electrons. The van der Waals surface area contributed by atoms with Crippen LogP contribution in [0.5, 0.6) is 11.5 Å². The summed E-state index contributed by atoms with van der Waals surface area (Å²) in [5.74, 6) is -0.250. The molecule has 1 N–H and O–H groups in total. The Hall–Kier alpha value is -4.83. The van der Waals surface area contributed by atoms with E-state index in [9.17, 15) is 18.0 Å². The second-order valence-electron chi connectivity index (χ2n) is 11.7. The molecule has 0 aromatic heterocycles. The number of amides is 2. The first kappa shape index (κ1) is 35.0. The Balaban J connectivity index is 1.83. The second-order valence-corrected chi connectivity index (χ2v) is 13.5. The average Bonchev–Trinajstić information content (AvgIpc) is 3.06. The van der Waals surface area contributed by atoms with Crippen LogP contribution in [0.3, 0.4) is 0 Å². The van der Waals surface area contributed by atoms with E-state index in [4.69, 9.17) is 9.47 Å². The van der Waals surface area contributed by atoms with Crippen molar-refractivity contribution in [1.29, 1.82) is 0 Å². The van der Waals surface area contributed by atoms with Crippen molar-refractivity contribution >= 4 is 27.5 Å². The molecule has 0 radical (unpaired) electrons. The lowest BCUT2D eigenvalue weighted by atomic mass is 10.0. The summed E-state index contributed by atoms with van der Waals surface area (Å²) in [6.45, 7) is 7.12. The number of carbonyl (C=O) groups excluding carboxylic acids is 2. The molecule has 4 aromatic rings. The molecule has 10 heteroatoms. The van der Waals surface area contributed by atoms with Gasteiger partial charge in [0.15, 0.2) is 11.5 Å². The molecule has 0 spiro atoms. The highest BCUT2D eigenvalue weighted by atomic mass is 32.2. The number of methoxy groups -OCH3 is 2. The van der Waals surface area contributed by atoms with Gasteiger partial charge in [0, 0.05) is 25.1 Å². The molecular formula is C37H43N3O6S. The van der Waals surface area contributed by atoms with Gasteiger partial charge in [0.05, 0.1) is 24.8 Å². The van der Waals surface area contributed by atoms with Crippen molar-refractivity contribution in [2.75, 3.05) is 25.1 Å². The normalized spacial score (nSPS) is 11.9. The fourth-order valence-electron chi connectivity index (χ4n) is 5.25. The number of benzene rings is 4. The first-order valence-electron chi connectivity index (χ1n) is 15.4. The number of sulfonamides is 1. The van der Waals surface area contributed by atoms with Gasteiger partial charge in [0.2, 0.25) is 11.8 Å². The third-order valence-corrected chi connectivity index (χ3v) is 9.62. The highest BCUT2D eigenvalue weighted by Crippen LogP contribution is 2.32. The lowest BCUT2D eigenvalue weighted by molar-refractivity contribution is -0.140. The van der Waals surface area contributed by atoms with Crippen LogP contribution in [0.2, 0.25) is 0 Å². The molecule has 47 heavy (non-hydrogen) atoms. The summed E-state index contributed by atoms with van der Waals surface area (Å²) in [4.78, 5) is 29.9. The van der Waals surface area contributed by atoms with Crippen LogP contribution < -0.4 is 19.1 Å². The van der Waals surface area contributed by atoms with Crippen molar-refractivity contribution in [3.63, 3.8) is 0 Å². The predicted octanol–water partition coefficient (Wildman–Crippen LogP) is 5.68. The first-order chi connectivity index (χ1) is 22.4. The van der Waals surface area contributed by atoms with Gasteiger partial charge in [-0.05, 0) is 68.7 Å². The minimum atomic E-state index is -4.31. The van der Waals surface area contributed by atoms with Crippen molar-refractivity contribution in [3.8, 4) is 11.5 Å². The quantitative estimate of drug-likeness (QED) is 0.187. The van der Waals surface area contributed by atoms with E-state index in [1.165, 1.54) is 37.3 Å². The summed E-state index contributed by atoms with van der Waals surface area (Å²) in [6.07, 6.45) is 0.240. The Morgan fingerprint density at radius 1 is 0.809 bits per heavy atom. The molecular weight excluding hydrogens is 614 g/mol. The van der Waals surface area contributed by atoms with Gasteiger partial charge in [-0.3, -0.25) is 13.9 Å². The maximum absolute atomic E-state index is 14.6. The fourth-order valence-corrected chi connectivity index (χ4v) is 6.68. The van der Waals surface area contributed by atoms with Gasteiger partial charge < -0.3 is 19.7 Å². The molecule has 1 atom stereocenters. The molecule has 0 fully saturated rings. The van der Waals surface area contributed by atoms with Crippen LogP contribution in [0, 0.1) is 13.8 Å². The summed E-state index contributed by atoms with van der Waals surface area (Å²) in [6, 6.07) is 27.2.